The second kappa shape index (κ2) is 8.26. The van der Waals surface area contributed by atoms with Gasteiger partial charge in [-0.25, -0.2) is 4.79 Å². The summed E-state index contributed by atoms with van der Waals surface area (Å²) < 4.78 is 5.93. The molecule has 0 spiro atoms. The highest BCUT2D eigenvalue weighted by Gasteiger charge is 2.22. The third-order valence-corrected chi connectivity index (χ3v) is 4.94. The molecule has 8 heteroatoms. The van der Waals surface area contributed by atoms with Gasteiger partial charge in [-0.1, -0.05) is 22.0 Å². The molecule has 2 amide bonds. The number of anilines is 2. The summed E-state index contributed by atoms with van der Waals surface area (Å²) in [5.41, 5.74) is 1.61. The van der Waals surface area contributed by atoms with E-state index in [1.807, 2.05) is 13.0 Å². The second-order valence-corrected chi connectivity index (χ2v) is 7.44. The summed E-state index contributed by atoms with van der Waals surface area (Å²) >= 11 is 4.61. The Labute approximate surface area is 157 Å². The molecule has 0 atom stereocenters. The first-order chi connectivity index (χ1) is 11.8. The van der Waals surface area contributed by atoms with Gasteiger partial charge in [0, 0.05) is 22.0 Å². The van der Waals surface area contributed by atoms with E-state index >= 15 is 0 Å². The molecular weight excluding hydrogens is 408 g/mol. The zero-order chi connectivity index (χ0) is 18.6. The Morgan fingerprint density at radius 3 is 2.56 bits per heavy atom. The molecule has 25 heavy (non-hydrogen) atoms. The molecule has 0 bridgehead atoms. The standard InChI is InChI=1S/C17H17BrN2O4S/c1-9-10(2)25-16(19-11(3)21)15(9)17(23)24-8-14(22)20-13-6-4-5-12(18)7-13/h4-7H,8H2,1-3H3,(H,19,21)(H,20,22). The van der Waals surface area contributed by atoms with E-state index in [4.69, 9.17) is 4.74 Å². The van der Waals surface area contributed by atoms with Gasteiger partial charge in [0.15, 0.2) is 6.61 Å². The van der Waals surface area contributed by atoms with Crippen LogP contribution in [0, 0.1) is 13.8 Å². The van der Waals surface area contributed by atoms with E-state index < -0.39 is 18.5 Å². The second-order valence-electron chi connectivity index (χ2n) is 5.30. The number of carbonyl (C=O) groups is 3. The Kier molecular flexibility index (Phi) is 6.33. The van der Waals surface area contributed by atoms with Crippen molar-refractivity contribution in [1.82, 2.24) is 0 Å². The maximum Gasteiger partial charge on any atom is 0.341 e. The maximum absolute atomic E-state index is 12.3. The number of hydrogen-bond donors (Lipinski definition) is 2. The number of thiophene rings is 1. The van der Waals surface area contributed by atoms with Gasteiger partial charge in [0.25, 0.3) is 5.91 Å². The fourth-order valence-electron chi connectivity index (χ4n) is 2.09. The van der Waals surface area contributed by atoms with Crippen LogP contribution in [0.4, 0.5) is 10.7 Å². The molecule has 0 aliphatic heterocycles. The molecule has 0 aliphatic carbocycles. The molecule has 0 unspecified atom stereocenters. The normalized spacial score (nSPS) is 10.2. The average Bonchev–Trinajstić information content (AvgIpc) is 2.78. The topological polar surface area (TPSA) is 84.5 Å². The lowest BCUT2D eigenvalue weighted by Crippen LogP contribution is -2.21. The largest absolute Gasteiger partial charge is 0.452 e. The summed E-state index contributed by atoms with van der Waals surface area (Å²) in [4.78, 5) is 36.5. The van der Waals surface area contributed by atoms with Gasteiger partial charge in [-0.3, -0.25) is 9.59 Å². The number of benzene rings is 1. The number of rotatable bonds is 5. The molecule has 0 fully saturated rings. The highest BCUT2D eigenvalue weighted by atomic mass is 79.9. The number of aryl methyl sites for hydroxylation is 1. The Morgan fingerprint density at radius 1 is 1.20 bits per heavy atom. The quantitative estimate of drug-likeness (QED) is 0.713. The summed E-state index contributed by atoms with van der Waals surface area (Å²) in [7, 11) is 0. The van der Waals surface area contributed by atoms with Gasteiger partial charge in [0.1, 0.15) is 5.00 Å². The number of hydrogen-bond acceptors (Lipinski definition) is 5. The summed E-state index contributed by atoms with van der Waals surface area (Å²) in [5, 5.41) is 5.70. The molecule has 1 aromatic carbocycles. The van der Waals surface area contributed by atoms with Crippen LogP contribution in [-0.4, -0.2) is 24.4 Å². The van der Waals surface area contributed by atoms with Gasteiger partial charge in [-0.2, -0.15) is 0 Å². The lowest BCUT2D eigenvalue weighted by atomic mass is 10.1. The van der Waals surface area contributed by atoms with Gasteiger partial charge in [0.05, 0.1) is 5.56 Å². The van der Waals surface area contributed by atoms with E-state index in [0.29, 0.717) is 10.7 Å². The first kappa shape index (κ1) is 19.1. The van der Waals surface area contributed by atoms with E-state index in [1.165, 1.54) is 18.3 Å². The van der Waals surface area contributed by atoms with E-state index in [-0.39, 0.29) is 11.5 Å². The minimum absolute atomic E-state index is 0.275. The van der Waals surface area contributed by atoms with E-state index in [2.05, 4.69) is 26.6 Å². The van der Waals surface area contributed by atoms with Crippen LogP contribution in [-0.2, 0) is 14.3 Å². The first-order valence-electron chi connectivity index (χ1n) is 7.38. The molecule has 0 aliphatic rings. The van der Waals surface area contributed by atoms with Crippen molar-refractivity contribution in [2.45, 2.75) is 20.8 Å². The van der Waals surface area contributed by atoms with Gasteiger partial charge in [-0.15, -0.1) is 11.3 Å². The molecule has 6 nitrogen and oxygen atoms in total. The third kappa shape index (κ3) is 5.14. The molecule has 2 aromatic rings. The minimum atomic E-state index is -0.644. The van der Waals surface area contributed by atoms with Crippen LogP contribution in [0.1, 0.15) is 27.7 Å². The highest BCUT2D eigenvalue weighted by molar-refractivity contribution is 9.10. The number of halogens is 1. The van der Waals surface area contributed by atoms with Crippen molar-refractivity contribution in [2.75, 3.05) is 17.2 Å². The Morgan fingerprint density at radius 2 is 1.92 bits per heavy atom. The van der Waals surface area contributed by atoms with Gasteiger partial charge < -0.3 is 15.4 Å². The number of esters is 1. The van der Waals surface area contributed by atoms with Crippen molar-refractivity contribution in [2.24, 2.45) is 0 Å². The first-order valence-corrected chi connectivity index (χ1v) is 8.99. The van der Waals surface area contributed by atoms with Gasteiger partial charge in [0.2, 0.25) is 5.91 Å². The molecule has 2 N–H and O–H groups in total. The van der Waals surface area contributed by atoms with Gasteiger partial charge >= 0.3 is 5.97 Å². The van der Waals surface area contributed by atoms with Crippen LogP contribution in [0.15, 0.2) is 28.7 Å². The molecule has 1 heterocycles. The summed E-state index contributed by atoms with van der Waals surface area (Å²) in [6.45, 7) is 4.57. The molecule has 0 saturated heterocycles. The van der Waals surface area contributed by atoms with E-state index in [0.717, 1.165) is 14.9 Å². The van der Waals surface area contributed by atoms with Crippen molar-refractivity contribution in [3.8, 4) is 0 Å². The zero-order valence-electron chi connectivity index (χ0n) is 13.9. The van der Waals surface area contributed by atoms with Crippen molar-refractivity contribution in [3.63, 3.8) is 0 Å². The number of amides is 2. The van der Waals surface area contributed by atoms with Crippen molar-refractivity contribution >= 4 is 55.7 Å². The van der Waals surface area contributed by atoms with Crippen LogP contribution in [0.25, 0.3) is 0 Å². The average molecular weight is 425 g/mol. The SMILES string of the molecule is CC(=O)Nc1sc(C)c(C)c1C(=O)OCC(=O)Nc1cccc(Br)c1. The monoisotopic (exact) mass is 424 g/mol. The highest BCUT2D eigenvalue weighted by Crippen LogP contribution is 2.33. The molecule has 2 rings (SSSR count). The van der Waals surface area contributed by atoms with Crippen LogP contribution in [0.5, 0.6) is 0 Å². The Hall–Kier alpha value is -2.19. The minimum Gasteiger partial charge on any atom is -0.452 e. The zero-order valence-corrected chi connectivity index (χ0v) is 16.3. The fourth-order valence-corrected chi connectivity index (χ4v) is 3.58. The third-order valence-electron chi connectivity index (χ3n) is 3.32. The van der Waals surface area contributed by atoms with Crippen LogP contribution >= 0.6 is 27.3 Å². The Bertz CT molecular complexity index is 832. The lowest BCUT2D eigenvalue weighted by molar-refractivity contribution is -0.119. The summed E-state index contributed by atoms with van der Waals surface area (Å²) in [5.74, 6) is -1.37. The smallest absolute Gasteiger partial charge is 0.341 e. The predicted octanol–water partition coefficient (Wildman–Crippen LogP) is 3.88. The molecule has 1 aromatic heterocycles. The lowest BCUT2D eigenvalue weighted by Gasteiger charge is -2.08. The van der Waals surface area contributed by atoms with Crippen LogP contribution < -0.4 is 10.6 Å². The van der Waals surface area contributed by atoms with Crippen LogP contribution in [0.3, 0.4) is 0 Å². The maximum atomic E-state index is 12.3. The van der Waals surface area contributed by atoms with Crippen molar-refractivity contribution in [1.29, 1.82) is 0 Å². The fraction of sp³-hybridized carbons (Fsp3) is 0.235. The van der Waals surface area contributed by atoms with E-state index in [1.54, 1.807) is 25.1 Å². The van der Waals surface area contributed by atoms with Crippen molar-refractivity contribution < 1.29 is 19.1 Å². The predicted molar refractivity (Wildman–Crippen MR) is 101 cm³/mol. The summed E-state index contributed by atoms with van der Waals surface area (Å²) in [6.07, 6.45) is 0. The van der Waals surface area contributed by atoms with E-state index in [9.17, 15) is 14.4 Å². The van der Waals surface area contributed by atoms with Gasteiger partial charge in [-0.05, 0) is 37.6 Å². The van der Waals surface area contributed by atoms with Crippen LogP contribution in [0.2, 0.25) is 0 Å². The number of ether oxygens (including phenoxy) is 1. The number of carbonyl (C=O) groups excluding carboxylic acids is 3. The molecule has 132 valence electrons. The van der Waals surface area contributed by atoms with Crippen molar-refractivity contribution in [3.05, 3.63) is 44.7 Å². The molecule has 0 radical (unpaired) electrons. The molecular formula is C17H17BrN2O4S. The Balaban J connectivity index is 2.02. The number of nitrogens with one attached hydrogen (secondary N) is 2. The molecule has 0 saturated carbocycles. The summed E-state index contributed by atoms with van der Waals surface area (Å²) in [6, 6.07) is 7.08.